The van der Waals surface area contributed by atoms with Gasteiger partial charge in [0.25, 0.3) is 0 Å². The van der Waals surface area contributed by atoms with Crippen molar-refractivity contribution >= 4 is 16.9 Å². The number of amides is 1. The van der Waals surface area contributed by atoms with Crippen molar-refractivity contribution < 1.29 is 9.53 Å². The molecule has 2 bridgehead atoms. The molecule has 5 nitrogen and oxygen atoms in total. The van der Waals surface area contributed by atoms with E-state index in [9.17, 15) is 4.79 Å². The Hall–Kier alpha value is -2.92. The third kappa shape index (κ3) is 3.68. The first-order chi connectivity index (χ1) is 16.0. The van der Waals surface area contributed by atoms with Crippen LogP contribution in [0.3, 0.4) is 0 Å². The average molecular weight is 442 g/mol. The number of hydrogen-bond donors (Lipinski definition) is 1. The van der Waals surface area contributed by atoms with Gasteiger partial charge in [-0.2, -0.15) is 0 Å². The van der Waals surface area contributed by atoms with Crippen LogP contribution in [0.1, 0.15) is 43.9 Å². The first-order valence-electron chi connectivity index (χ1n) is 12.1. The Morgan fingerprint density at radius 2 is 1.94 bits per heavy atom. The molecule has 1 N–H and O–H groups in total. The molecule has 7 rings (SSSR count). The highest BCUT2D eigenvalue weighted by Gasteiger charge is 2.42. The number of hydrogen-bond acceptors (Lipinski definition) is 4. The van der Waals surface area contributed by atoms with Crippen molar-refractivity contribution in [2.24, 2.45) is 11.3 Å². The highest BCUT2D eigenvalue weighted by molar-refractivity contribution is 5.95. The monoisotopic (exact) mass is 441 g/mol. The molecule has 1 amide bonds. The number of fused-ring (bicyclic) bond motifs is 5. The Kier molecular flexibility index (Phi) is 4.91. The summed E-state index contributed by atoms with van der Waals surface area (Å²) in [6, 6.07) is 14.9. The van der Waals surface area contributed by atoms with Crippen molar-refractivity contribution in [3.8, 4) is 11.1 Å². The fourth-order valence-electron chi connectivity index (χ4n) is 6.18. The zero-order valence-electron chi connectivity index (χ0n) is 19.4. The van der Waals surface area contributed by atoms with Crippen LogP contribution >= 0.6 is 0 Å². The topological polar surface area (TPSA) is 54.5 Å². The SMILES string of the molecule is CC1(C)Cc2cc(-c3cncc4ccccc34)ccc2C1NC(=O)O[C@@H]1CN2CCC1CC2. The maximum absolute atomic E-state index is 12.9. The van der Waals surface area contributed by atoms with E-state index in [1.165, 1.54) is 22.1 Å². The van der Waals surface area contributed by atoms with Gasteiger partial charge in [0.05, 0.1) is 6.04 Å². The molecule has 0 spiro atoms. The number of piperidine rings is 3. The number of carbonyl (C=O) groups is 1. The molecular weight excluding hydrogens is 410 g/mol. The third-order valence-corrected chi connectivity index (χ3v) is 7.98. The maximum Gasteiger partial charge on any atom is 0.407 e. The molecule has 3 fully saturated rings. The summed E-state index contributed by atoms with van der Waals surface area (Å²) in [5.74, 6) is 0.515. The van der Waals surface area contributed by atoms with Gasteiger partial charge in [0.1, 0.15) is 6.10 Å². The number of rotatable bonds is 3. The van der Waals surface area contributed by atoms with E-state index < -0.39 is 0 Å². The van der Waals surface area contributed by atoms with Crippen molar-refractivity contribution in [3.05, 3.63) is 66.0 Å². The molecule has 3 aliphatic heterocycles. The lowest BCUT2D eigenvalue weighted by Gasteiger charge is -2.44. The summed E-state index contributed by atoms with van der Waals surface area (Å²) >= 11 is 0. The fourth-order valence-corrected chi connectivity index (χ4v) is 6.18. The molecule has 1 aliphatic carbocycles. The van der Waals surface area contributed by atoms with Gasteiger partial charge in [-0.1, -0.05) is 56.3 Å². The van der Waals surface area contributed by atoms with Crippen LogP contribution in [0.4, 0.5) is 4.79 Å². The Labute approximate surface area is 195 Å². The van der Waals surface area contributed by atoms with Crippen LogP contribution < -0.4 is 5.32 Å². The van der Waals surface area contributed by atoms with Gasteiger partial charge >= 0.3 is 6.09 Å². The van der Waals surface area contributed by atoms with E-state index in [4.69, 9.17) is 4.74 Å². The summed E-state index contributed by atoms with van der Waals surface area (Å²) < 4.78 is 5.94. The number of benzene rings is 2. The standard InChI is InChI=1S/C28H31N3O2/c1-28(2)14-21-13-19(24-16-29-15-20-5-3-4-6-22(20)24)7-8-23(21)26(28)30-27(32)33-25-17-31-11-9-18(25)10-12-31/h3-8,13,15-16,18,25-26H,9-12,14,17H2,1-2H3,(H,30,32)/t25-,26?/m1/s1. The summed E-state index contributed by atoms with van der Waals surface area (Å²) in [4.78, 5) is 19.8. The van der Waals surface area contributed by atoms with Crippen LogP contribution in [0, 0.1) is 11.3 Å². The van der Waals surface area contributed by atoms with Crippen molar-refractivity contribution in [1.82, 2.24) is 15.2 Å². The van der Waals surface area contributed by atoms with Gasteiger partial charge in [-0.15, -0.1) is 0 Å². The molecule has 3 saturated heterocycles. The summed E-state index contributed by atoms with van der Waals surface area (Å²) in [6.45, 7) is 7.62. The van der Waals surface area contributed by atoms with Crippen molar-refractivity contribution in [1.29, 1.82) is 0 Å². The molecule has 33 heavy (non-hydrogen) atoms. The molecule has 0 saturated carbocycles. The lowest BCUT2D eigenvalue weighted by molar-refractivity contribution is -0.0348. The van der Waals surface area contributed by atoms with Crippen molar-refractivity contribution in [2.45, 2.75) is 45.3 Å². The first kappa shape index (κ1) is 20.7. The van der Waals surface area contributed by atoms with Gasteiger partial charge in [-0.3, -0.25) is 9.88 Å². The van der Waals surface area contributed by atoms with E-state index in [1.807, 2.05) is 18.5 Å². The fraction of sp³-hybridized carbons (Fsp3) is 0.429. The highest BCUT2D eigenvalue weighted by atomic mass is 16.6. The molecule has 170 valence electrons. The number of alkyl carbamates (subject to hydrolysis) is 1. The second-order valence-corrected chi connectivity index (χ2v) is 10.6. The van der Waals surface area contributed by atoms with Gasteiger partial charge in [-0.05, 0) is 65.8 Å². The Bertz CT molecular complexity index is 1210. The summed E-state index contributed by atoms with van der Waals surface area (Å²) in [6.07, 6.45) is 6.81. The summed E-state index contributed by atoms with van der Waals surface area (Å²) in [7, 11) is 0. The zero-order chi connectivity index (χ0) is 22.6. The number of ether oxygens (including phenoxy) is 1. The largest absolute Gasteiger partial charge is 0.445 e. The van der Waals surface area contributed by atoms with E-state index in [2.05, 4.69) is 65.4 Å². The molecule has 0 radical (unpaired) electrons. The zero-order valence-corrected chi connectivity index (χ0v) is 19.4. The molecule has 5 heteroatoms. The van der Waals surface area contributed by atoms with Gasteiger partial charge < -0.3 is 10.1 Å². The normalized spacial score (nSPS) is 27.3. The predicted octanol–water partition coefficient (Wildman–Crippen LogP) is 5.35. The van der Waals surface area contributed by atoms with Crippen LogP contribution in [0.2, 0.25) is 0 Å². The lowest BCUT2D eigenvalue weighted by Crippen LogP contribution is -2.53. The third-order valence-electron chi connectivity index (χ3n) is 7.98. The summed E-state index contributed by atoms with van der Waals surface area (Å²) in [5, 5.41) is 5.58. The van der Waals surface area contributed by atoms with E-state index >= 15 is 0 Å². The molecule has 4 aliphatic rings. The Morgan fingerprint density at radius 1 is 1.12 bits per heavy atom. The average Bonchev–Trinajstić information content (AvgIpc) is 3.08. The van der Waals surface area contributed by atoms with E-state index in [1.54, 1.807) is 0 Å². The number of nitrogens with one attached hydrogen (secondary N) is 1. The van der Waals surface area contributed by atoms with Crippen LogP contribution in [0.25, 0.3) is 21.9 Å². The Morgan fingerprint density at radius 3 is 2.73 bits per heavy atom. The van der Waals surface area contributed by atoms with Crippen LogP contribution in [0.15, 0.2) is 54.9 Å². The molecule has 1 aromatic heterocycles. The quantitative estimate of drug-likeness (QED) is 0.596. The smallest absolute Gasteiger partial charge is 0.407 e. The molecule has 3 aromatic rings. The highest BCUT2D eigenvalue weighted by Crippen LogP contribution is 2.46. The van der Waals surface area contributed by atoms with Crippen LogP contribution in [-0.4, -0.2) is 41.7 Å². The van der Waals surface area contributed by atoms with E-state index in [0.29, 0.717) is 5.92 Å². The second-order valence-electron chi connectivity index (χ2n) is 10.6. The second kappa shape index (κ2) is 7.84. The van der Waals surface area contributed by atoms with Crippen LogP contribution in [-0.2, 0) is 11.2 Å². The minimum Gasteiger partial charge on any atom is -0.445 e. The predicted molar refractivity (Wildman–Crippen MR) is 130 cm³/mol. The van der Waals surface area contributed by atoms with E-state index in [0.717, 1.165) is 49.8 Å². The number of carbonyl (C=O) groups excluding carboxylic acids is 1. The number of aromatic nitrogens is 1. The Balaban J connectivity index is 1.25. The van der Waals surface area contributed by atoms with E-state index in [-0.39, 0.29) is 23.7 Å². The molecule has 2 atom stereocenters. The van der Waals surface area contributed by atoms with Crippen LogP contribution in [0.5, 0.6) is 0 Å². The minimum absolute atomic E-state index is 0.0257. The van der Waals surface area contributed by atoms with Gasteiger partial charge in [0, 0.05) is 29.9 Å². The summed E-state index contributed by atoms with van der Waals surface area (Å²) in [5.41, 5.74) is 4.73. The number of pyridine rings is 1. The van der Waals surface area contributed by atoms with Crippen molar-refractivity contribution in [2.75, 3.05) is 19.6 Å². The van der Waals surface area contributed by atoms with Gasteiger partial charge in [-0.25, -0.2) is 4.79 Å². The molecule has 2 aromatic carbocycles. The molecule has 4 heterocycles. The molecule has 1 unspecified atom stereocenters. The van der Waals surface area contributed by atoms with Gasteiger partial charge in [0.2, 0.25) is 0 Å². The number of nitrogens with zero attached hydrogens (tertiary/aromatic N) is 2. The molecular formula is C28H31N3O2. The van der Waals surface area contributed by atoms with Crippen molar-refractivity contribution in [3.63, 3.8) is 0 Å². The lowest BCUT2D eigenvalue weighted by atomic mass is 9.85. The first-order valence-corrected chi connectivity index (χ1v) is 12.1. The minimum atomic E-state index is -0.276. The van der Waals surface area contributed by atoms with Gasteiger partial charge in [0.15, 0.2) is 0 Å². The maximum atomic E-state index is 12.9.